The van der Waals surface area contributed by atoms with E-state index in [1.165, 1.54) is 12.1 Å². The molecule has 5 heteroatoms. The van der Waals surface area contributed by atoms with Gasteiger partial charge in [0.1, 0.15) is 5.75 Å². The number of hydrogen-bond donors (Lipinski definition) is 2. The lowest BCUT2D eigenvalue weighted by Crippen LogP contribution is -1.97. The Morgan fingerprint density at radius 2 is 1.83 bits per heavy atom. The molecule has 0 aliphatic carbocycles. The van der Waals surface area contributed by atoms with Crippen LogP contribution in [0.1, 0.15) is 16.1 Å². The fourth-order valence-corrected chi connectivity index (χ4v) is 2.21. The summed E-state index contributed by atoms with van der Waals surface area (Å²) < 4.78 is 1.92. The van der Waals surface area contributed by atoms with E-state index in [9.17, 15) is 9.90 Å². The molecule has 3 rings (SSSR count). The van der Waals surface area contributed by atoms with E-state index in [2.05, 4.69) is 4.99 Å². The summed E-state index contributed by atoms with van der Waals surface area (Å²) in [4.78, 5) is 15.3. The summed E-state index contributed by atoms with van der Waals surface area (Å²) >= 11 is 0. The van der Waals surface area contributed by atoms with Gasteiger partial charge in [-0.05, 0) is 54.6 Å². The first-order valence-corrected chi connectivity index (χ1v) is 6.98. The van der Waals surface area contributed by atoms with Crippen LogP contribution in [0.2, 0.25) is 0 Å². The van der Waals surface area contributed by atoms with Gasteiger partial charge in [0.15, 0.2) is 0 Å². The van der Waals surface area contributed by atoms with Gasteiger partial charge in [-0.2, -0.15) is 0 Å². The molecule has 0 saturated heterocycles. The molecule has 2 aromatic carbocycles. The van der Waals surface area contributed by atoms with Crippen LogP contribution in [0.4, 0.5) is 5.69 Å². The summed E-state index contributed by atoms with van der Waals surface area (Å²) in [6.07, 6.45) is 3.56. The zero-order valence-corrected chi connectivity index (χ0v) is 12.1. The molecule has 0 bridgehead atoms. The van der Waals surface area contributed by atoms with Crippen molar-refractivity contribution < 1.29 is 15.0 Å². The second-order valence-electron chi connectivity index (χ2n) is 4.93. The Kier molecular flexibility index (Phi) is 3.93. The maximum absolute atomic E-state index is 11.0. The first-order valence-electron chi connectivity index (χ1n) is 6.98. The van der Waals surface area contributed by atoms with Crippen LogP contribution in [0.15, 0.2) is 71.9 Å². The van der Waals surface area contributed by atoms with Crippen molar-refractivity contribution in [1.82, 2.24) is 4.57 Å². The van der Waals surface area contributed by atoms with Crippen LogP contribution >= 0.6 is 0 Å². The first-order chi connectivity index (χ1) is 11.1. The minimum atomic E-state index is -0.977. The molecule has 114 valence electrons. The minimum Gasteiger partial charge on any atom is -0.508 e. The van der Waals surface area contributed by atoms with Crippen molar-refractivity contribution >= 4 is 17.9 Å². The minimum absolute atomic E-state index is 0.202. The van der Waals surface area contributed by atoms with Crippen molar-refractivity contribution in [2.24, 2.45) is 4.99 Å². The lowest BCUT2D eigenvalue weighted by atomic mass is 10.2. The van der Waals surface area contributed by atoms with Crippen LogP contribution in [-0.4, -0.2) is 27.0 Å². The summed E-state index contributed by atoms with van der Waals surface area (Å²) in [6, 6.07) is 17.1. The maximum atomic E-state index is 11.0. The molecular weight excluding hydrogens is 292 g/mol. The molecule has 1 aromatic heterocycles. The number of aromatic hydroxyl groups is 1. The quantitative estimate of drug-likeness (QED) is 0.723. The summed E-state index contributed by atoms with van der Waals surface area (Å²) in [5.41, 5.74) is 2.52. The van der Waals surface area contributed by atoms with E-state index in [1.54, 1.807) is 42.6 Å². The van der Waals surface area contributed by atoms with E-state index < -0.39 is 5.97 Å². The number of phenolic OH excluding ortho intramolecular Hbond substituents is 1. The van der Waals surface area contributed by atoms with Gasteiger partial charge in [0, 0.05) is 11.9 Å². The number of benzene rings is 2. The fourth-order valence-electron chi connectivity index (χ4n) is 2.21. The lowest BCUT2D eigenvalue weighted by molar-refractivity contribution is 0.0697. The Morgan fingerprint density at radius 1 is 1.04 bits per heavy atom. The van der Waals surface area contributed by atoms with E-state index in [0.29, 0.717) is 5.69 Å². The molecule has 3 aromatic rings. The van der Waals surface area contributed by atoms with Crippen LogP contribution in [0, 0.1) is 0 Å². The van der Waals surface area contributed by atoms with Crippen molar-refractivity contribution in [3.63, 3.8) is 0 Å². The zero-order chi connectivity index (χ0) is 16.2. The van der Waals surface area contributed by atoms with Crippen molar-refractivity contribution in [2.75, 3.05) is 0 Å². The number of phenols is 1. The Bertz CT molecular complexity index is 864. The number of hydrogen-bond acceptors (Lipinski definition) is 3. The van der Waals surface area contributed by atoms with Gasteiger partial charge in [-0.1, -0.05) is 6.07 Å². The molecule has 0 unspecified atom stereocenters. The van der Waals surface area contributed by atoms with Gasteiger partial charge in [0.25, 0.3) is 0 Å². The molecule has 23 heavy (non-hydrogen) atoms. The highest BCUT2D eigenvalue weighted by atomic mass is 16.4. The molecule has 0 spiro atoms. The van der Waals surface area contributed by atoms with E-state index in [0.717, 1.165) is 11.4 Å². The number of carboxylic acids is 1. The van der Waals surface area contributed by atoms with Gasteiger partial charge in [-0.15, -0.1) is 0 Å². The number of aromatic carboxylic acids is 1. The topological polar surface area (TPSA) is 74.8 Å². The van der Waals surface area contributed by atoms with Crippen molar-refractivity contribution in [3.05, 3.63) is 78.1 Å². The summed E-state index contributed by atoms with van der Waals surface area (Å²) in [5.74, 6) is -0.767. The van der Waals surface area contributed by atoms with Gasteiger partial charge >= 0.3 is 5.97 Å². The van der Waals surface area contributed by atoms with Crippen molar-refractivity contribution in [3.8, 4) is 11.4 Å². The van der Waals surface area contributed by atoms with Crippen LogP contribution < -0.4 is 0 Å². The van der Waals surface area contributed by atoms with Crippen LogP contribution in [-0.2, 0) is 0 Å². The molecular formula is C18H14N2O3. The average Bonchev–Trinajstić information content (AvgIpc) is 3.02. The normalized spacial score (nSPS) is 11.0. The third-order valence-corrected chi connectivity index (χ3v) is 3.35. The highest BCUT2D eigenvalue weighted by Gasteiger charge is 2.03. The molecule has 0 atom stereocenters. The van der Waals surface area contributed by atoms with Crippen molar-refractivity contribution in [1.29, 1.82) is 0 Å². The van der Waals surface area contributed by atoms with Gasteiger partial charge in [-0.25, -0.2) is 4.79 Å². The highest BCUT2D eigenvalue weighted by Crippen LogP contribution is 2.17. The van der Waals surface area contributed by atoms with Gasteiger partial charge in [-0.3, -0.25) is 4.99 Å². The van der Waals surface area contributed by atoms with Gasteiger partial charge in [0.2, 0.25) is 0 Å². The molecule has 0 saturated carbocycles. The summed E-state index contributed by atoms with van der Waals surface area (Å²) in [7, 11) is 0. The Labute approximate surface area is 132 Å². The number of carboxylic acid groups (broad SMARTS) is 1. The molecule has 0 amide bonds. The number of aliphatic imine (C=N–C) groups is 1. The van der Waals surface area contributed by atoms with E-state index >= 15 is 0 Å². The number of carbonyl (C=O) groups is 1. The number of aromatic nitrogens is 1. The molecule has 0 aliphatic heterocycles. The van der Waals surface area contributed by atoms with Crippen LogP contribution in [0.25, 0.3) is 5.69 Å². The monoisotopic (exact) mass is 306 g/mol. The predicted octanol–water partition coefficient (Wildman–Crippen LogP) is 3.63. The van der Waals surface area contributed by atoms with Gasteiger partial charge in [0.05, 0.1) is 23.2 Å². The molecule has 0 radical (unpaired) electrons. The molecule has 0 fully saturated rings. The summed E-state index contributed by atoms with van der Waals surface area (Å²) in [5, 5.41) is 18.4. The van der Waals surface area contributed by atoms with E-state index in [1.807, 2.05) is 22.9 Å². The van der Waals surface area contributed by atoms with Crippen LogP contribution in [0.3, 0.4) is 0 Å². The van der Waals surface area contributed by atoms with Gasteiger partial charge < -0.3 is 14.8 Å². The smallest absolute Gasteiger partial charge is 0.335 e. The second-order valence-corrected chi connectivity index (χ2v) is 4.93. The molecule has 2 N–H and O–H groups in total. The van der Waals surface area contributed by atoms with Crippen molar-refractivity contribution in [2.45, 2.75) is 0 Å². The third-order valence-electron chi connectivity index (χ3n) is 3.35. The second kappa shape index (κ2) is 6.19. The highest BCUT2D eigenvalue weighted by molar-refractivity contribution is 5.89. The Hall–Kier alpha value is -3.34. The standard InChI is InChI=1S/C18H14N2O3/c21-17-8-6-15(7-9-17)20-10-2-5-16(20)12-19-14-4-1-3-13(11-14)18(22)23/h1-12,21H,(H,22,23). The molecule has 1 heterocycles. The largest absolute Gasteiger partial charge is 0.508 e. The summed E-state index contributed by atoms with van der Waals surface area (Å²) in [6.45, 7) is 0. The number of nitrogens with zero attached hydrogens (tertiary/aromatic N) is 2. The first kappa shape index (κ1) is 14.6. The third kappa shape index (κ3) is 3.29. The molecule has 5 nitrogen and oxygen atoms in total. The Morgan fingerprint density at radius 3 is 2.57 bits per heavy atom. The average molecular weight is 306 g/mol. The lowest BCUT2D eigenvalue weighted by Gasteiger charge is -2.06. The van der Waals surface area contributed by atoms with E-state index in [-0.39, 0.29) is 11.3 Å². The predicted molar refractivity (Wildman–Crippen MR) is 88.1 cm³/mol. The zero-order valence-electron chi connectivity index (χ0n) is 12.1. The fraction of sp³-hybridized carbons (Fsp3) is 0. The number of rotatable bonds is 4. The van der Waals surface area contributed by atoms with E-state index in [4.69, 9.17) is 5.11 Å². The Balaban J connectivity index is 1.89. The molecule has 0 aliphatic rings. The SMILES string of the molecule is O=C(O)c1cccc(N=Cc2cccn2-c2ccc(O)cc2)c1. The van der Waals surface area contributed by atoms with Crippen LogP contribution in [0.5, 0.6) is 5.75 Å². The maximum Gasteiger partial charge on any atom is 0.335 e.